The van der Waals surface area contributed by atoms with Gasteiger partial charge in [-0.2, -0.15) is 0 Å². The Bertz CT molecular complexity index is 1150. The number of methoxy groups -OCH3 is 1. The number of aromatic nitrogens is 2. The van der Waals surface area contributed by atoms with Crippen molar-refractivity contribution in [1.82, 2.24) is 20.6 Å². The summed E-state index contributed by atoms with van der Waals surface area (Å²) in [6, 6.07) is 13.8. The molecule has 1 aliphatic carbocycles. The molecule has 2 aliphatic rings. The Morgan fingerprint density at radius 2 is 1.91 bits per heavy atom. The van der Waals surface area contributed by atoms with Gasteiger partial charge in [-0.15, -0.1) is 0 Å². The number of amides is 2. The fraction of sp³-hybridized carbons (Fsp3) is 0.423. The second-order valence-corrected chi connectivity index (χ2v) is 9.11. The molecule has 0 radical (unpaired) electrons. The topological polar surface area (TPSA) is 97.4 Å². The molecule has 1 saturated heterocycles. The van der Waals surface area contributed by atoms with Gasteiger partial charge in [-0.05, 0) is 56.8 Å². The molecule has 2 aromatic carbocycles. The monoisotopic (exact) mass is 461 g/mol. The van der Waals surface area contributed by atoms with Crippen molar-refractivity contribution in [3.8, 4) is 11.5 Å². The van der Waals surface area contributed by atoms with Gasteiger partial charge in [0.2, 0.25) is 0 Å². The number of piperidine rings is 1. The summed E-state index contributed by atoms with van der Waals surface area (Å²) in [7, 11) is 1.61. The van der Waals surface area contributed by atoms with Gasteiger partial charge in [0, 0.05) is 23.4 Å². The Labute approximate surface area is 199 Å². The van der Waals surface area contributed by atoms with Crippen LogP contribution in [0.1, 0.15) is 37.7 Å². The highest BCUT2D eigenvalue weighted by molar-refractivity contribution is 5.99. The second kappa shape index (κ2) is 9.85. The van der Waals surface area contributed by atoms with E-state index in [1.54, 1.807) is 7.11 Å². The molecule has 8 heteroatoms. The predicted molar refractivity (Wildman–Crippen MR) is 132 cm³/mol. The van der Waals surface area contributed by atoms with Crippen LogP contribution in [-0.4, -0.2) is 48.3 Å². The SMILES string of the molecule is COc1cc2c(NC(=O)NC3CC3c3ccccc3)ncnc2cc1OC(C)C1CCNCC1. The summed E-state index contributed by atoms with van der Waals surface area (Å²) in [4.78, 5) is 21.4. The molecule has 2 amide bonds. The molecule has 5 rings (SSSR count). The quantitative estimate of drug-likeness (QED) is 0.491. The Kier molecular flexibility index (Phi) is 6.49. The predicted octanol–water partition coefficient (Wildman–Crippen LogP) is 4.08. The molecular weight excluding hydrogens is 430 g/mol. The van der Waals surface area contributed by atoms with Crippen molar-refractivity contribution in [2.45, 2.75) is 44.2 Å². The van der Waals surface area contributed by atoms with Crippen LogP contribution in [-0.2, 0) is 0 Å². The summed E-state index contributed by atoms with van der Waals surface area (Å²) in [6.07, 6.45) is 4.64. The molecular formula is C26H31N5O3. The molecule has 3 atom stereocenters. The number of hydrogen-bond acceptors (Lipinski definition) is 6. The maximum atomic E-state index is 12.7. The smallest absolute Gasteiger partial charge is 0.320 e. The standard InChI is InChI=1S/C26H31N5O3/c1-16(17-8-10-27-11-9-17)34-24-14-21-20(13-23(24)33-2)25(29-15-28-21)31-26(32)30-22-12-19(22)18-6-4-3-5-7-18/h3-7,13-17,19,22,27H,8-12H2,1-2H3,(H2,28,29,30,31,32). The summed E-state index contributed by atoms with van der Waals surface area (Å²) in [5.74, 6) is 2.54. The van der Waals surface area contributed by atoms with Crippen molar-refractivity contribution in [3.05, 3.63) is 54.4 Å². The number of hydrogen-bond donors (Lipinski definition) is 3. The van der Waals surface area contributed by atoms with Crippen LogP contribution in [0.25, 0.3) is 10.9 Å². The third kappa shape index (κ3) is 4.92. The minimum atomic E-state index is -0.276. The van der Waals surface area contributed by atoms with Crippen LogP contribution in [0.3, 0.4) is 0 Å². The third-order valence-corrected chi connectivity index (χ3v) is 6.85. The molecule has 3 unspecified atom stereocenters. The van der Waals surface area contributed by atoms with Crippen LogP contribution in [0.4, 0.5) is 10.6 Å². The van der Waals surface area contributed by atoms with Gasteiger partial charge in [0.1, 0.15) is 12.1 Å². The number of ether oxygens (including phenoxy) is 2. The Hall–Kier alpha value is -3.39. The summed E-state index contributed by atoms with van der Waals surface area (Å²) >= 11 is 0. The Morgan fingerprint density at radius 1 is 1.12 bits per heavy atom. The third-order valence-electron chi connectivity index (χ3n) is 6.85. The van der Waals surface area contributed by atoms with Gasteiger partial charge in [-0.1, -0.05) is 30.3 Å². The summed E-state index contributed by atoms with van der Waals surface area (Å²) in [5, 5.41) is 10.0. The van der Waals surface area contributed by atoms with E-state index in [2.05, 4.69) is 45.0 Å². The number of rotatable bonds is 7. The number of anilines is 1. The lowest BCUT2D eigenvalue weighted by Crippen LogP contribution is -2.35. The molecule has 178 valence electrons. The molecule has 1 aliphatic heterocycles. The second-order valence-electron chi connectivity index (χ2n) is 9.11. The van der Waals surface area contributed by atoms with Crippen LogP contribution in [0.15, 0.2) is 48.8 Å². The maximum Gasteiger partial charge on any atom is 0.320 e. The molecule has 3 N–H and O–H groups in total. The van der Waals surface area contributed by atoms with Crippen molar-refractivity contribution in [3.63, 3.8) is 0 Å². The van der Waals surface area contributed by atoms with E-state index in [9.17, 15) is 4.79 Å². The zero-order chi connectivity index (χ0) is 23.5. The van der Waals surface area contributed by atoms with E-state index in [-0.39, 0.29) is 18.2 Å². The van der Waals surface area contributed by atoms with Crippen molar-refractivity contribution in [2.75, 3.05) is 25.5 Å². The van der Waals surface area contributed by atoms with Crippen molar-refractivity contribution in [2.24, 2.45) is 5.92 Å². The van der Waals surface area contributed by atoms with Crippen LogP contribution in [0, 0.1) is 5.92 Å². The minimum absolute atomic E-state index is 0.0646. The Balaban J connectivity index is 1.29. The Morgan fingerprint density at radius 3 is 2.68 bits per heavy atom. The van der Waals surface area contributed by atoms with E-state index in [4.69, 9.17) is 9.47 Å². The van der Waals surface area contributed by atoms with Gasteiger partial charge in [0.15, 0.2) is 11.5 Å². The highest BCUT2D eigenvalue weighted by Crippen LogP contribution is 2.41. The van der Waals surface area contributed by atoms with Gasteiger partial charge in [-0.25, -0.2) is 14.8 Å². The first-order valence-corrected chi connectivity index (χ1v) is 11.9. The number of benzene rings is 2. The van der Waals surface area contributed by atoms with Gasteiger partial charge < -0.3 is 20.1 Å². The number of carbonyl (C=O) groups is 1. The average Bonchev–Trinajstić information content (AvgIpc) is 3.63. The molecule has 0 bridgehead atoms. The van der Waals surface area contributed by atoms with Crippen LogP contribution >= 0.6 is 0 Å². The number of nitrogens with one attached hydrogen (secondary N) is 3. The maximum absolute atomic E-state index is 12.7. The van der Waals surface area contributed by atoms with Gasteiger partial charge in [-0.3, -0.25) is 5.32 Å². The highest BCUT2D eigenvalue weighted by Gasteiger charge is 2.39. The van der Waals surface area contributed by atoms with Crippen molar-refractivity contribution in [1.29, 1.82) is 0 Å². The molecule has 1 aromatic heterocycles. The number of urea groups is 1. The summed E-state index contributed by atoms with van der Waals surface area (Å²) < 4.78 is 11.9. The largest absolute Gasteiger partial charge is 0.493 e. The molecule has 3 aromatic rings. The van der Waals surface area contributed by atoms with E-state index in [1.807, 2.05) is 30.3 Å². The highest BCUT2D eigenvalue weighted by atomic mass is 16.5. The summed E-state index contributed by atoms with van der Waals surface area (Å²) in [5.41, 5.74) is 1.93. The fourth-order valence-electron chi connectivity index (χ4n) is 4.76. The zero-order valence-electron chi connectivity index (χ0n) is 19.6. The molecule has 34 heavy (non-hydrogen) atoms. The van der Waals surface area contributed by atoms with Crippen LogP contribution in [0.2, 0.25) is 0 Å². The van der Waals surface area contributed by atoms with Crippen LogP contribution in [0.5, 0.6) is 11.5 Å². The first kappa shape index (κ1) is 22.4. The van der Waals surface area contributed by atoms with E-state index >= 15 is 0 Å². The molecule has 0 spiro atoms. The fourth-order valence-corrected chi connectivity index (χ4v) is 4.76. The lowest BCUT2D eigenvalue weighted by Gasteiger charge is -2.29. The molecule has 2 heterocycles. The normalized spacial score (nSPS) is 21.0. The van der Waals surface area contributed by atoms with Gasteiger partial charge >= 0.3 is 6.03 Å². The number of carbonyl (C=O) groups excluding carboxylic acids is 1. The number of fused-ring (bicyclic) bond motifs is 1. The van der Waals surface area contributed by atoms with E-state index in [0.29, 0.717) is 40.1 Å². The van der Waals surface area contributed by atoms with E-state index in [0.717, 1.165) is 32.4 Å². The lowest BCUT2D eigenvalue weighted by molar-refractivity contribution is 0.124. The van der Waals surface area contributed by atoms with E-state index < -0.39 is 0 Å². The zero-order valence-corrected chi connectivity index (χ0v) is 19.6. The van der Waals surface area contributed by atoms with Crippen molar-refractivity contribution < 1.29 is 14.3 Å². The molecule has 8 nitrogen and oxygen atoms in total. The van der Waals surface area contributed by atoms with Gasteiger partial charge in [0.25, 0.3) is 0 Å². The minimum Gasteiger partial charge on any atom is -0.493 e. The first-order valence-electron chi connectivity index (χ1n) is 11.9. The number of nitrogens with zero attached hydrogens (tertiary/aromatic N) is 2. The van der Waals surface area contributed by atoms with E-state index in [1.165, 1.54) is 11.9 Å². The van der Waals surface area contributed by atoms with Crippen molar-refractivity contribution >= 4 is 22.8 Å². The first-order chi connectivity index (χ1) is 16.6. The average molecular weight is 462 g/mol. The lowest BCUT2D eigenvalue weighted by atomic mass is 9.93. The van der Waals surface area contributed by atoms with Crippen LogP contribution < -0.4 is 25.4 Å². The molecule has 2 fully saturated rings. The summed E-state index contributed by atoms with van der Waals surface area (Å²) in [6.45, 7) is 4.15. The van der Waals surface area contributed by atoms with Gasteiger partial charge in [0.05, 0.1) is 18.7 Å². The molecule has 1 saturated carbocycles.